The van der Waals surface area contributed by atoms with Crippen LogP contribution in [0.1, 0.15) is 66.2 Å². The van der Waals surface area contributed by atoms with E-state index in [-0.39, 0.29) is 25.2 Å². The minimum Gasteiger partial charge on any atom is -0.481 e. The number of aliphatic carboxylic acids is 3. The summed E-state index contributed by atoms with van der Waals surface area (Å²) in [6.07, 6.45) is -0.416. The first-order chi connectivity index (χ1) is 16.2. The van der Waals surface area contributed by atoms with Gasteiger partial charge in [-0.15, -0.1) is 0 Å². The number of carbonyl (C=O) groups excluding carboxylic acids is 3. The molecular formula is C22H38N4O9. The molecule has 0 saturated heterocycles. The van der Waals surface area contributed by atoms with Crippen molar-refractivity contribution in [1.29, 1.82) is 0 Å². The van der Waals surface area contributed by atoms with Gasteiger partial charge < -0.3 is 37.0 Å². The SMILES string of the molecule is CCC(C)C(NC(=O)C(NC(=O)C(CCC(=O)O)NC(=O)C(N)CCC(=O)O)C(C)CC)C(=O)O. The van der Waals surface area contributed by atoms with Crippen LogP contribution in [0.25, 0.3) is 0 Å². The zero-order valence-corrected chi connectivity index (χ0v) is 20.6. The van der Waals surface area contributed by atoms with Crippen LogP contribution in [0.2, 0.25) is 0 Å². The maximum Gasteiger partial charge on any atom is 0.326 e. The molecule has 0 aliphatic heterocycles. The summed E-state index contributed by atoms with van der Waals surface area (Å²) >= 11 is 0. The summed E-state index contributed by atoms with van der Waals surface area (Å²) in [5.74, 6) is -6.80. The Bertz CT molecular complexity index is 774. The number of nitrogens with one attached hydrogen (secondary N) is 3. The van der Waals surface area contributed by atoms with Gasteiger partial charge in [0.05, 0.1) is 6.04 Å². The Labute approximate surface area is 204 Å². The van der Waals surface area contributed by atoms with Crippen LogP contribution in [0, 0.1) is 11.8 Å². The highest BCUT2D eigenvalue weighted by atomic mass is 16.4. The number of carboxylic acids is 3. The first-order valence-electron chi connectivity index (χ1n) is 11.6. The molecule has 0 aliphatic carbocycles. The zero-order chi connectivity index (χ0) is 27.3. The Morgan fingerprint density at radius 3 is 1.60 bits per heavy atom. The smallest absolute Gasteiger partial charge is 0.326 e. The van der Waals surface area contributed by atoms with E-state index < -0.39 is 72.1 Å². The predicted molar refractivity (Wildman–Crippen MR) is 124 cm³/mol. The molecule has 0 aromatic carbocycles. The van der Waals surface area contributed by atoms with Crippen LogP contribution in [0.15, 0.2) is 0 Å². The fraction of sp³-hybridized carbons (Fsp3) is 0.727. The molecule has 0 aliphatic rings. The van der Waals surface area contributed by atoms with Crippen molar-refractivity contribution in [3.63, 3.8) is 0 Å². The van der Waals surface area contributed by atoms with Crippen LogP contribution in [0.3, 0.4) is 0 Å². The van der Waals surface area contributed by atoms with Crippen LogP contribution >= 0.6 is 0 Å². The molecule has 35 heavy (non-hydrogen) atoms. The lowest BCUT2D eigenvalue weighted by Gasteiger charge is -2.29. The van der Waals surface area contributed by atoms with E-state index in [0.29, 0.717) is 12.8 Å². The Kier molecular flexibility index (Phi) is 14.2. The van der Waals surface area contributed by atoms with E-state index in [1.54, 1.807) is 27.7 Å². The molecule has 8 N–H and O–H groups in total. The third kappa shape index (κ3) is 11.7. The van der Waals surface area contributed by atoms with E-state index in [0.717, 1.165) is 0 Å². The van der Waals surface area contributed by atoms with Gasteiger partial charge >= 0.3 is 17.9 Å². The van der Waals surface area contributed by atoms with Gasteiger partial charge in [0.1, 0.15) is 18.1 Å². The monoisotopic (exact) mass is 502 g/mol. The van der Waals surface area contributed by atoms with Crippen LogP contribution in [-0.2, 0) is 28.8 Å². The Hall–Kier alpha value is -3.22. The summed E-state index contributed by atoms with van der Waals surface area (Å²) < 4.78 is 0. The summed E-state index contributed by atoms with van der Waals surface area (Å²) in [4.78, 5) is 71.6. The maximum absolute atomic E-state index is 13.0. The number of hydrogen-bond acceptors (Lipinski definition) is 7. The molecule has 13 nitrogen and oxygen atoms in total. The molecule has 0 spiro atoms. The Morgan fingerprint density at radius 2 is 1.14 bits per heavy atom. The lowest BCUT2D eigenvalue weighted by atomic mass is 9.95. The highest BCUT2D eigenvalue weighted by molar-refractivity contribution is 5.94. The summed E-state index contributed by atoms with van der Waals surface area (Å²) in [7, 11) is 0. The minimum atomic E-state index is -1.36. The molecule has 200 valence electrons. The number of carbonyl (C=O) groups is 6. The molecule has 3 amide bonds. The van der Waals surface area contributed by atoms with Gasteiger partial charge in [-0.1, -0.05) is 40.5 Å². The van der Waals surface area contributed by atoms with Gasteiger partial charge in [0.2, 0.25) is 17.7 Å². The van der Waals surface area contributed by atoms with Crippen molar-refractivity contribution in [3.8, 4) is 0 Å². The van der Waals surface area contributed by atoms with Crippen LogP contribution in [-0.4, -0.2) is 75.1 Å². The Balaban J connectivity index is 5.64. The second-order valence-electron chi connectivity index (χ2n) is 8.61. The first kappa shape index (κ1) is 31.8. The first-order valence-corrected chi connectivity index (χ1v) is 11.6. The molecule has 0 saturated carbocycles. The van der Waals surface area contributed by atoms with Crippen molar-refractivity contribution in [3.05, 3.63) is 0 Å². The molecule has 0 radical (unpaired) electrons. The van der Waals surface area contributed by atoms with Gasteiger partial charge in [-0.2, -0.15) is 0 Å². The lowest BCUT2D eigenvalue weighted by molar-refractivity contribution is -0.144. The van der Waals surface area contributed by atoms with Gasteiger partial charge in [0.15, 0.2) is 0 Å². The average molecular weight is 503 g/mol. The van der Waals surface area contributed by atoms with Crippen LogP contribution in [0.4, 0.5) is 0 Å². The number of nitrogens with two attached hydrogens (primary N) is 1. The van der Waals surface area contributed by atoms with Crippen LogP contribution in [0.5, 0.6) is 0 Å². The largest absolute Gasteiger partial charge is 0.481 e. The van der Waals surface area contributed by atoms with Gasteiger partial charge in [-0.05, 0) is 24.7 Å². The number of amides is 3. The van der Waals surface area contributed by atoms with Crippen molar-refractivity contribution in [1.82, 2.24) is 16.0 Å². The van der Waals surface area contributed by atoms with Gasteiger partial charge in [0.25, 0.3) is 0 Å². The van der Waals surface area contributed by atoms with E-state index >= 15 is 0 Å². The molecule has 0 aromatic heterocycles. The number of hydrogen-bond donors (Lipinski definition) is 7. The molecule has 0 bridgehead atoms. The van der Waals surface area contributed by atoms with Crippen molar-refractivity contribution >= 4 is 35.6 Å². The standard InChI is InChI=1S/C22H38N4O9/c1-5-11(3)17(21(33)26-18(22(34)35)12(4)6-2)25-20(32)14(8-10-16(29)30)24-19(31)13(23)7-9-15(27)28/h11-14,17-18H,5-10,23H2,1-4H3,(H,24,31)(H,25,32)(H,26,33)(H,27,28)(H,29,30)(H,34,35). The normalized spacial score (nSPS) is 16.0. The second-order valence-corrected chi connectivity index (χ2v) is 8.61. The molecular weight excluding hydrogens is 464 g/mol. The number of rotatable bonds is 17. The number of carboxylic acid groups (broad SMARTS) is 3. The quantitative estimate of drug-likeness (QED) is 0.137. The molecule has 6 atom stereocenters. The second kappa shape index (κ2) is 15.6. The predicted octanol–water partition coefficient (Wildman–Crippen LogP) is -0.325. The average Bonchev–Trinajstić information content (AvgIpc) is 2.79. The summed E-state index contributed by atoms with van der Waals surface area (Å²) in [5.41, 5.74) is 5.67. The fourth-order valence-corrected chi connectivity index (χ4v) is 3.11. The molecule has 0 fully saturated rings. The van der Waals surface area contributed by atoms with Crippen molar-refractivity contribution in [2.45, 2.75) is 90.4 Å². The van der Waals surface area contributed by atoms with Gasteiger partial charge in [0, 0.05) is 12.8 Å². The van der Waals surface area contributed by atoms with E-state index in [2.05, 4.69) is 16.0 Å². The lowest BCUT2D eigenvalue weighted by Crippen LogP contribution is -2.59. The van der Waals surface area contributed by atoms with E-state index in [1.807, 2.05) is 0 Å². The highest BCUT2D eigenvalue weighted by Gasteiger charge is 2.34. The third-order valence-corrected chi connectivity index (χ3v) is 5.86. The zero-order valence-electron chi connectivity index (χ0n) is 20.6. The van der Waals surface area contributed by atoms with Crippen LogP contribution < -0.4 is 21.7 Å². The molecule has 13 heteroatoms. The summed E-state index contributed by atoms with van der Waals surface area (Å²) in [6, 6.07) is -4.93. The van der Waals surface area contributed by atoms with Gasteiger partial charge in [-0.25, -0.2) is 4.79 Å². The maximum atomic E-state index is 13.0. The van der Waals surface area contributed by atoms with E-state index in [1.165, 1.54) is 0 Å². The van der Waals surface area contributed by atoms with Crippen molar-refractivity contribution < 1.29 is 44.1 Å². The summed E-state index contributed by atoms with van der Waals surface area (Å²) in [5, 5.41) is 34.5. The molecule has 0 aromatic rings. The summed E-state index contributed by atoms with van der Waals surface area (Å²) in [6.45, 7) is 6.89. The van der Waals surface area contributed by atoms with Crippen molar-refractivity contribution in [2.24, 2.45) is 17.6 Å². The van der Waals surface area contributed by atoms with Gasteiger partial charge in [-0.3, -0.25) is 24.0 Å². The Morgan fingerprint density at radius 1 is 0.686 bits per heavy atom. The topological polar surface area (TPSA) is 225 Å². The highest BCUT2D eigenvalue weighted by Crippen LogP contribution is 2.13. The molecule has 0 heterocycles. The van der Waals surface area contributed by atoms with E-state index in [9.17, 15) is 33.9 Å². The minimum absolute atomic E-state index is 0.196. The van der Waals surface area contributed by atoms with E-state index in [4.69, 9.17) is 15.9 Å². The molecule has 0 rings (SSSR count). The van der Waals surface area contributed by atoms with Crippen molar-refractivity contribution in [2.75, 3.05) is 0 Å². The third-order valence-electron chi connectivity index (χ3n) is 5.86. The fourth-order valence-electron chi connectivity index (χ4n) is 3.11. The molecule has 6 unspecified atom stereocenters.